The van der Waals surface area contributed by atoms with Crippen LogP contribution in [-0.4, -0.2) is 4.98 Å². The fourth-order valence-electron chi connectivity index (χ4n) is 3.27. The normalized spacial score (nSPS) is 16.2. The molecule has 0 fully saturated rings. The van der Waals surface area contributed by atoms with Crippen molar-refractivity contribution in [3.05, 3.63) is 70.9 Å². The van der Waals surface area contributed by atoms with Crippen molar-refractivity contribution in [2.24, 2.45) is 4.99 Å². The van der Waals surface area contributed by atoms with Gasteiger partial charge in [-0.15, -0.1) is 0 Å². The van der Waals surface area contributed by atoms with Crippen molar-refractivity contribution in [2.75, 3.05) is 0 Å². The summed E-state index contributed by atoms with van der Waals surface area (Å²) < 4.78 is 0. The highest BCUT2D eigenvalue weighted by atomic mass is 14.8. The van der Waals surface area contributed by atoms with Crippen LogP contribution in [0.3, 0.4) is 0 Å². The van der Waals surface area contributed by atoms with Gasteiger partial charge in [-0.05, 0) is 18.6 Å². The fourth-order valence-corrected chi connectivity index (χ4v) is 3.27. The molecule has 2 aliphatic rings. The van der Waals surface area contributed by atoms with Crippen molar-refractivity contribution in [1.82, 2.24) is 4.98 Å². The van der Waals surface area contributed by atoms with Crippen LogP contribution in [0.4, 0.5) is 0 Å². The first kappa shape index (κ1) is 10.2. The molecule has 1 aliphatic carbocycles. The molecular formula is C18H12N2. The highest BCUT2D eigenvalue weighted by molar-refractivity contribution is 6.07. The third kappa shape index (κ3) is 1.16. The molecular weight excluding hydrogens is 244 g/mol. The standard InChI is InChI=1S/C18H12N2/c1-3-7-14-11(5-1)12-9-10-16-17(18(12)20-14)13-6-2-4-8-15(13)19-16/h1-2,4-10,19H,3H2. The van der Waals surface area contributed by atoms with E-state index in [-0.39, 0.29) is 0 Å². The summed E-state index contributed by atoms with van der Waals surface area (Å²) in [6.07, 6.45) is 7.58. The molecule has 0 amide bonds. The summed E-state index contributed by atoms with van der Waals surface area (Å²) in [6.45, 7) is 0. The minimum absolute atomic E-state index is 0.980. The van der Waals surface area contributed by atoms with E-state index in [2.05, 4.69) is 59.6 Å². The third-order valence-corrected chi connectivity index (χ3v) is 4.17. The van der Waals surface area contributed by atoms with Gasteiger partial charge in [-0.3, -0.25) is 0 Å². The molecule has 2 heterocycles. The predicted octanol–water partition coefficient (Wildman–Crippen LogP) is 2.95. The second-order valence-corrected chi connectivity index (χ2v) is 5.31. The first-order valence-electron chi connectivity index (χ1n) is 6.91. The number of aromatic amines is 1. The number of rotatable bonds is 0. The largest absolute Gasteiger partial charge is 0.354 e. The topological polar surface area (TPSA) is 28.1 Å². The molecule has 1 aromatic heterocycles. The first-order valence-corrected chi connectivity index (χ1v) is 6.91. The lowest BCUT2D eigenvalue weighted by Crippen LogP contribution is -2.23. The second kappa shape index (κ2) is 3.48. The molecule has 3 aromatic rings. The van der Waals surface area contributed by atoms with Gasteiger partial charge in [0.15, 0.2) is 0 Å². The van der Waals surface area contributed by atoms with E-state index < -0.39 is 0 Å². The molecule has 0 unspecified atom stereocenters. The minimum atomic E-state index is 0.980. The molecule has 94 valence electrons. The Morgan fingerprint density at radius 1 is 1.00 bits per heavy atom. The highest BCUT2D eigenvalue weighted by Crippen LogP contribution is 2.25. The number of hydrogen-bond donors (Lipinski definition) is 1. The van der Waals surface area contributed by atoms with Gasteiger partial charge < -0.3 is 4.98 Å². The summed E-state index contributed by atoms with van der Waals surface area (Å²) in [4.78, 5) is 8.36. The minimum Gasteiger partial charge on any atom is -0.354 e. The number of allylic oxidation sites excluding steroid dienone is 3. The van der Waals surface area contributed by atoms with Gasteiger partial charge in [-0.25, -0.2) is 4.99 Å². The molecule has 5 rings (SSSR count). The van der Waals surface area contributed by atoms with E-state index in [1.165, 1.54) is 27.1 Å². The Hall–Kier alpha value is -2.61. The third-order valence-electron chi connectivity index (χ3n) is 4.17. The zero-order valence-electron chi connectivity index (χ0n) is 10.9. The van der Waals surface area contributed by atoms with Gasteiger partial charge in [0, 0.05) is 32.6 Å². The molecule has 1 N–H and O–H groups in total. The predicted molar refractivity (Wildman–Crippen MR) is 81.8 cm³/mol. The lowest BCUT2D eigenvalue weighted by molar-refractivity contribution is 1.26. The Balaban J connectivity index is 2.10. The molecule has 2 nitrogen and oxygen atoms in total. The van der Waals surface area contributed by atoms with Crippen LogP contribution in [0.15, 0.2) is 65.3 Å². The molecule has 0 saturated carbocycles. The van der Waals surface area contributed by atoms with Crippen molar-refractivity contribution in [1.29, 1.82) is 0 Å². The summed E-state index contributed by atoms with van der Waals surface area (Å²) in [7, 11) is 0. The molecule has 20 heavy (non-hydrogen) atoms. The number of benzene rings is 2. The molecule has 2 heteroatoms. The monoisotopic (exact) mass is 256 g/mol. The smallest absolute Gasteiger partial charge is 0.0816 e. The number of nitrogens with one attached hydrogen (secondary N) is 1. The van der Waals surface area contributed by atoms with Gasteiger partial charge >= 0.3 is 0 Å². The maximum Gasteiger partial charge on any atom is 0.0816 e. The second-order valence-electron chi connectivity index (χ2n) is 5.31. The van der Waals surface area contributed by atoms with E-state index in [0.29, 0.717) is 0 Å². The van der Waals surface area contributed by atoms with Gasteiger partial charge in [0.2, 0.25) is 0 Å². The van der Waals surface area contributed by atoms with Crippen molar-refractivity contribution in [3.63, 3.8) is 0 Å². The Kier molecular flexibility index (Phi) is 1.78. The molecule has 1 aliphatic heterocycles. The van der Waals surface area contributed by atoms with Crippen LogP contribution in [-0.2, 0) is 0 Å². The zero-order chi connectivity index (χ0) is 13.1. The lowest BCUT2D eigenvalue weighted by Gasteiger charge is -2.01. The number of H-pyrrole nitrogens is 1. The number of fused-ring (bicyclic) bond motifs is 6. The molecule has 0 spiro atoms. The van der Waals surface area contributed by atoms with Crippen LogP contribution >= 0.6 is 0 Å². The molecule has 0 radical (unpaired) electrons. The van der Waals surface area contributed by atoms with E-state index in [1.54, 1.807) is 0 Å². The van der Waals surface area contributed by atoms with Crippen molar-refractivity contribution < 1.29 is 0 Å². The molecule has 0 bridgehead atoms. The van der Waals surface area contributed by atoms with Crippen LogP contribution in [0, 0.1) is 0 Å². The fraction of sp³-hybridized carbons (Fsp3) is 0.0556. The van der Waals surface area contributed by atoms with E-state index in [4.69, 9.17) is 4.99 Å². The Morgan fingerprint density at radius 2 is 1.95 bits per heavy atom. The zero-order valence-corrected chi connectivity index (χ0v) is 10.9. The van der Waals surface area contributed by atoms with Crippen molar-refractivity contribution >= 4 is 27.4 Å². The van der Waals surface area contributed by atoms with E-state index in [9.17, 15) is 0 Å². The summed E-state index contributed by atoms with van der Waals surface area (Å²) in [5, 5.41) is 4.87. The summed E-state index contributed by atoms with van der Waals surface area (Å²) >= 11 is 0. The van der Waals surface area contributed by atoms with Crippen LogP contribution in [0.5, 0.6) is 0 Å². The molecule has 0 saturated heterocycles. The van der Waals surface area contributed by atoms with Gasteiger partial charge in [-0.1, -0.05) is 42.5 Å². The van der Waals surface area contributed by atoms with E-state index >= 15 is 0 Å². The average Bonchev–Trinajstić information content (AvgIpc) is 3.04. The van der Waals surface area contributed by atoms with Gasteiger partial charge in [0.1, 0.15) is 0 Å². The maximum atomic E-state index is 4.88. The SMILES string of the molecule is C1=CC2=c3ccc4[nH]c5ccccc5c4c3=NC2=CC1. The Bertz CT molecular complexity index is 1060. The van der Waals surface area contributed by atoms with Crippen LogP contribution in [0.1, 0.15) is 6.42 Å². The van der Waals surface area contributed by atoms with E-state index in [0.717, 1.165) is 23.0 Å². The van der Waals surface area contributed by atoms with Gasteiger partial charge in [0.25, 0.3) is 0 Å². The molecule has 2 aromatic carbocycles. The number of aromatic nitrogens is 1. The summed E-state index contributed by atoms with van der Waals surface area (Å²) in [5.74, 6) is 0. The average molecular weight is 256 g/mol. The van der Waals surface area contributed by atoms with Crippen LogP contribution < -0.4 is 10.6 Å². The number of para-hydroxylation sites is 1. The highest BCUT2D eigenvalue weighted by Gasteiger charge is 2.16. The summed E-state index contributed by atoms with van der Waals surface area (Å²) in [6, 6.07) is 12.8. The van der Waals surface area contributed by atoms with Crippen molar-refractivity contribution in [2.45, 2.75) is 6.42 Å². The van der Waals surface area contributed by atoms with Gasteiger partial charge in [0.05, 0.1) is 11.1 Å². The number of nitrogens with zero attached hydrogens (tertiary/aromatic N) is 1. The Morgan fingerprint density at radius 3 is 2.95 bits per heavy atom. The lowest BCUT2D eigenvalue weighted by atomic mass is 10.0. The molecule has 0 atom stereocenters. The first-order chi connectivity index (χ1) is 9.92. The number of hydrogen-bond acceptors (Lipinski definition) is 1. The van der Waals surface area contributed by atoms with Gasteiger partial charge in [-0.2, -0.15) is 0 Å². The quantitative estimate of drug-likeness (QED) is 0.640. The van der Waals surface area contributed by atoms with Crippen molar-refractivity contribution in [3.8, 4) is 0 Å². The van der Waals surface area contributed by atoms with E-state index in [1.807, 2.05) is 0 Å². The summed E-state index contributed by atoms with van der Waals surface area (Å²) in [5.41, 5.74) is 4.73. The Labute approximate surface area is 115 Å². The maximum absolute atomic E-state index is 4.88. The van der Waals surface area contributed by atoms with Crippen LogP contribution in [0.25, 0.3) is 27.4 Å². The van der Waals surface area contributed by atoms with Crippen LogP contribution in [0.2, 0.25) is 0 Å².